The van der Waals surface area contributed by atoms with E-state index < -0.39 is 24.6 Å². The molecule has 0 aromatic rings. The first-order chi connectivity index (χ1) is 6.40. The van der Waals surface area contributed by atoms with Crippen molar-refractivity contribution >= 4 is 5.97 Å². The van der Waals surface area contributed by atoms with Gasteiger partial charge in [0.15, 0.2) is 0 Å². The van der Waals surface area contributed by atoms with Crippen LogP contribution < -0.4 is 0 Å². The Kier molecular flexibility index (Phi) is 5.56. The van der Waals surface area contributed by atoms with Gasteiger partial charge in [-0.1, -0.05) is 0 Å². The molecule has 4 nitrogen and oxygen atoms in total. The molecule has 1 N–H and O–H groups in total. The lowest BCUT2D eigenvalue weighted by atomic mass is 10.3. The molecule has 1 unspecified atom stereocenters. The van der Waals surface area contributed by atoms with Crippen LogP contribution in [0.4, 0.5) is 8.78 Å². The van der Waals surface area contributed by atoms with Crippen molar-refractivity contribution in [2.75, 3.05) is 19.8 Å². The first-order valence-corrected chi connectivity index (χ1v) is 4.20. The number of carboxylic acids is 1. The molecule has 1 atom stereocenters. The van der Waals surface area contributed by atoms with Crippen LogP contribution in [0.3, 0.4) is 0 Å². The van der Waals surface area contributed by atoms with Gasteiger partial charge in [0.25, 0.3) is 0 Å². The number of halogens is 2. The van der Waals surface area contributed by atoms with Crippen LogP contribution in [-0.4, -0.2) is 42.9 Å². The Morgan fingerprint density at radius 3 is 2.57 bits per heavy atom. The van der Waals surface area contributed by atoms with Crippen molar-refractivity contribution in [2.24, 2.45) is 0 Å². The Hall–Kier alpha value is -0.750. The summed E-state index contributed by atoms with van der Waals surface area (Å²) in [5.41, 5.74) is 0. The molecule has 0 bridgehead atoms. The van der Waals surface area contributed by atoms with E-state index in [0.29, 0.717) is 6.61 Å². The predicted octanol–water partition coefficient (Wildman–Crippen LogP) is 1.15. The third-order valence-corrected chi connectivity index (χ3v) is 1.42. The molecule has 14 heavy (non-hydrogen) atoms. The summed E-state index contributed by atoms with van der Waals surface area (Å²) in [4.78, 5) is 9.99. The highest BCUT2D eigenvalue weighted by atomic mass is 19.3. The van der Waals surface area contributed by atoms with Crippen LogP contribution in [0.25, 0.3) is 0 Å². The van der Waals surface area contributed by atoms with Gasteiger partial charge < -0.3 is 14.6 Å². The molecule has 0 radical (unpaired) electrons. The summed E-state index contributed by atoms with van der Waals surface area (Å²) in [6, 6.07) is 0. The van der Waals surface area contributed by atoms with Crippen molar-refractivity contribution in [2.45, 2.75) is 25.9 Å². The number of hydrogen-bond acceptors (Lipinski definition) is 3. The molecule has 0 spiro atoms. The summed E-state index contributed by atoms with van der Waals surface area (Å²) in [6.07, 6.45) is -0.542. The lowest BCUT2D eigenvalue weighted by Gasteiger charge is -2.16. The minimum Gasteiger partial charge on any atom is -0.477 e. The van der Waals surface area contributed by atoms with E-state index in [1.165, 1.54) is 6.92 Å². The van der Waals surface area contributed by atoms with Gasteiger partial charge in [-0.25, -0.2) is 4.79 Å². The van der Waals surface area contributed by atoms with Gasteiger partial charge in [-0.05, 0) is 13.8 Å². The first kappa shape index (κ1) is 13.2. The molecule has 84 valence electrons. The summed E-state index contributed by atoms with van der Waals surface area (Å²) in [5.74, 6) is -6.01. The van der Waals surface area contributed by atoms with Crippen molar-refractivity contribution in [1.82, 2.24) is 0 Å². The van der Waals surface area contributed by atoms with Crippen LogP contribution >= 0.6 is 0 Å². The second-order valence-electron chi connectivity index (χ2n) is 2.79. The standard InChI is InChI=1S/C8H14F2O4/c1-3-13-4-6(2)14-5-8(9,10)7(11)12/h6H,3-5H2,1-2H3,(H,11,12). The van der Waals surface area contributed by atoms with Crippen LogP contribution in [0.15, 0.2) is 0 Å². The second-order valence-corrected chi connectivity index (χ2v) is 2.79. The smallest absolute Gasteiger partial charge is 0.377 e. The van der Waals surface area contributed by atoms with Crippen LogP contribution in [0, 0.1) is 0 Å². The van der Waals surface area contributed by atoms with Crippen molar-refractivity contribution < 1.29 is 28.2 Å². The van der Waals surface area contributed by atoms with E-state index in [0.717, 1.165) is 0 Å². The molecule has 0 saturated heterocycles. The number of rotatable bonds is 7. The Balaban J connectivity index is 3.75. The monoisotopic (exact) mass is 212 g/mol. The molecule has 0 aliphatic rings. The topological polar surface area (TPSA) is 55.8 Å². The van der Waals surface area contributed by atoms with Gasteiger partial charge in [-0.15, -0.1) is 0 Å². The maximum atomic E-state index is 12.5. The van der Waals surface area contributed by atoms with Gasteiger partial charge in [-0.3, -0.25) is 0 Å². The molecular formula is C8H14F2O4. The zero-order valence-electron chi connectivity index (χ0n) is 8.13. The van der Waals surface area contributed by atoms with Crippen molar-refractivity contribution in [3.8, 4) is 0 Å². The average molecular weight is 212 g/mol. The molecule has 0 aliphatic carbocycles. The Morgan fingerprint density at radius 2 is 2.14 bits per heavy atom. The molecular weight excluding hydrogens is 198 g/mol. The van der Waals surface area contributed by atoms with E-state index in [9.17, 15) is 13.6 Å². The van der Waals surface area contributed by atoms with Gasteiger partial charge in [0.2, 0.25) is 0 Å². The SMILES string of the molecule is CCOCC(C)OCC(F)(F)C(=O)O. The summed E-state index contributed by atoms with van der Waals surface area (Å²) in [6.45, 7) is 2.80. The van der Waals surface area contributed by atoms with Crippen LogP contribution in [0.1, 0.15) is 13.8 Å². The number of carboxylic acid groups (broad SMARTS) is 1. The largest absolute Gasteiger partial charge is 0.477 e. The lowest BCUT2D eigenvalue weighted by Crippen LogP contribution is -2.35. The zero-order chi connectivity index (χ0) is 11.2. The average Bonchev–Trinajstić information content (AvgIpc) is 2.11. The summed E-state index contributed by atoms with van der Waals surface area (Å²) in [7, 11) is 0. The fourth-order valence-corrected chi connectivity index (χ4v) is 0.641. The fraction of sp³-hybridized carbons (Fsp3) is 0.875. The number of ether oxygens (including phenoxy) is 2. The fourth-order valence-electron chi connectivity index (χ4n) is 0.641. The third kappa shape index (κ3) is 5.08. The molecule has 0 rings (SSSR count). The van der Waals surface area contributed by atoms with E-state index in [1.54, 1.807) is 6.92 Å². The number of aliphatic carboxylic acids is 1. The summed E-state index contributed by atoms with van der Waals surface area (Å²) >= 11 is 0. The normalized spacial score (nSPS) is 14.0. The van der Waals surface area contributed by atoms with Gasteiger partial charge in [-0.2, -0.15) is 8.78 Å². The molecule has 0 amide bonds. The van der Waals surface area contributed by atoms with E-state index in [2.05, 4.69) is 4.74 Å². The van der Waals surface area contributed by atoms with Crippen LogP contribution in [-0.2, 0) is 14.3 Å². The number of carbonyl (C=O) groups is 1. The number of hydrogen-bond donors (Lipinski definition) is 1. The molecule has 6 heteroatoms. The molecule has 0 aromatic carbocycles. The maximum absolute atomic E-state index is 12.5. The minimum absolute atomic E-state index is 0.173. The van der Waals surface area contributed by atoms with Gasteiger partial charge in [0, 0.05) is 6.61 Å². The van der Waals surface area contributed by atoms with E-state index in [-0.39, 0.29) is 6.61 Å². The lowest BCUT2D eigenvalue weighted by molar-refractivity contribution is -0.177. The first-order valence-electron chi connectivity index (χ1n) is 4.20. The highest BCUT2D eigenvalue weighted by Gasteiger charge is 2.39. The molecule has 0 aliphatic heterocycles. The summed E-state index contributed by atoms with van der Waals surface area (Å²) in [5, 5.41) is 8.07. The van der Waals surface area contributed by atoms with Gasteiger partial charge in [0.1, 0.15) is 6.61 Å². The number of alkyl halides is 2. The zero-order valence-corrected chi connectivity index (χ0v) is 8.13. The predicted molar refractivity (Wildman–Crippen MR) is 44.5 cm³/mol. The third-order valence-electron chi connectivity index (χ3n) is 1.42. The Labute approximate surface area is 80.8 Å². The highest BCUT2D eigenvalue weighted by Crippen LogP contribution is 2.14. The molecule has 0 fully saturated rings. The van der Waals surface area contributed by atoms with Crippen molar-refractivity contribution in [1.29, 1.82) is 0 Å². The Morgan fingerprint density at radius 1 is 1.57 bits per heavy atom. The maximum Gasteiger partial charge on any atom is 0.377 e. The quantitative estimate of drug-likeness (QED) is 0.687. The van der Waals surface area contributed by atoms with E-state index in [4.69, 9.17) is 9.84 Å². The van der Waals surface area contributed by atoms with Crippen LogP contribution in [0.5, 0.6) is 0 Å². The minimum atomic E-state index is -3.83. The molecule has 0 heterocycles. The van der Waals surface area contributed by atoms with Crippen molar-refractivity contribution in [3.05, 3.63) is 0 Å². The van der Waals surface area contributed by atoms with Crippen molar-refractivity contribution in [3.63, 3.8) is 0 Å². The second kappa shape index (κ2) is 5.87. The van der Waals surface area contributed by atoms with Crippen LogP contribution in [0.2, 0.25) is 0 Å². The Bertz CT molecular complexity index is 184. The molecule has 0 aromatic heterocycles. The summed E-state index contributed by atoms with van der Waals surface area (Å²) < 4.78 is 34.4. The van der Waals surface area contributed by atoms with E-state index in [1.807, 2.05) is 0 Å². The van der Waals surface area contributed by atoms with Gasteiger partial charge >= 0.3 is 11.9 Å². The molecule has 0 saturated carbocycles. The van der Waals surface area contributed by atoms with Gasteiger partial charge in [0.05, 0.1) is 12.7 Å². The van der Waals surface area contributed by atoms with E-state index >= 15 is 0 Å². The highest BCUT2D eigenvalue weighted by molar-refractivity contribution is 5.75.